The molecule has 0 unspecified atom stereocenters. The molecule has 3 rings (SSSR count). The van der Waals surface area contributed by atoms with E-state index < -0.39 is 5.91 Å². The number of amides is 2. The van der Waals surface area contributed by atoms with Gasteiger partial charge in [-0.3, -0.25) is 20.4 Å². The van der Waals surface area contributed by atoms with E-state index in [9.17, 15) is 9.59 Å². The fraction of sp³-hybridized carbons (Fsp3) is 0.250. The summed E-state index contributed by atoms with van der Waals surface area (Å²) >= 11 is 5.77. The van der Waals surface area contributed by atoms with Crippen molar-refractivity contribution in [1.82, 2.24) is 20.8 Å². The fourth-order valence-corrected chi connectivity index (χ4v) is 1.93. The molecule has 1 aliphatic carbocycles. The van der Waals surface area contributed by atoms with Crippen LogP contribution in [0, 0.1) is 5.92 Å². The second kappa shape index (κ2) is 4.55. The second-order valence-corrected chi connectivity index (χ2v) is 4.88. The van der Waals surface area contributed by atoms with Gasteiger partial charge in [0.2, 0.25) is 5.91 Å². The van der Waals surface area contributed by atoms with Gasteiger partial charge in [-0.2, -0.15) is 0 Å². The Hall–Kier alpha value is -2.08. The van der Waals surface area contributed by atoms with Gasteiger partial charge in [0, 0.05) is 11.3 Å². The molecule has 7 heteroatoms. The molecule has 2 heterocycles. The number of halogens is 1. The quantitative estimate of drug-likeness (QED) is 0.573. The molecule has 2 amide bonds. The fourth-order valence-electron chi connectivity index (χ4n) is 1.76. The van der Waals surface area contributed by atoms with Crippen molar-refractivity contribution >= 4 is 34.3 Å². The molecule has 98 valence electrons. The van der Waals surface area contributed by atoms with Crippen molar-refractivity contribution in [3.05, 3.63) is 29.2 Å². The lowest BCUT2D eigenvalue weighted by molar-refractivity contribution is -0.123. The maximum absolute atomic E-state index is 11.8. The van der Waals surface area contributed by atoms with Crippen molar-refractivity contribution in [2.24, 2.45) is 5.92 Å². The molecule has 0 aliphatic heterocycles. The lowest BCUT2D eigenvalue weighted by Gasteiger charge is -2.04. The predicted molar refractivity (Wildman–Crippen MR) is 69.4 cm³/mol. The molecular weight excluding hydrogens is 268 g/mol. The van der Waals surface area contributed by atoms with Crippen LogP contribution >= 0.6 is 11.6 Å². The number of pyridine rings is 1. The number of hydrazine groups is 1. The molecule has 0 aromatic carbocycles. The Morgan fingerprint density at radius 3 is 2.84 bits per heavy atom. The number of rotatable bonds is 2. The Bertz CT molecular complexity index is 663. The molecule has 2 aromatic heterocycles. The third-order valence-corrected chi connectivity index (χ3v) is 3.17. The summed E-state index contributed by atoms with van der Waals surface area (Å²) < 4.78 is 0. The van der Waals surface area contributed by atoms with Crippen LogP contribution in [0.1, 0.15) is 23.3 Å². The molecule has 0 spiro atoms. The topological polar surface area (TPSA) is 86.9 Å². The summed E-state index contributed by atoms with van der Waals surface area (Å²) in [6.45, 7) is 0. The minimum Gasteiger partial charge on any atom is -0.349 e. The van der Waals surface area contributed by atoms with E-state index in [1.54, 1.807) is 18.3 Å². The Balaban J connectivity index is 1.71. The zero-order valence-corrected chi connectivity index (χ0v) is 10.6. The van der Waals surface area contributed by atoms with Gasteiger partial charge in [-0.15, -0.1) is 0 Å². The van der Waals surface area contributed by atoms with Crippen LogP contribution in [0.3, 0.4) is 0 Å². The SMILES string of the molecule is O=C(NNC(=O)C1CC1)c1cc2cc(Cl)ncc2[nH]1. The minimum absolute atomic E-state index is 0.0472. The smallest absolute Gasteiger partial charge is 0.286 e. The molecule has 2 aromatic rings. The summed E-state index contributed by atoms with van der Waals surface area (Å²) in [6.07, 6.45) is 3.33. The monoisotopic (exact) mass is 278 g/mol. The van der Waals surface area contributed by atoms with E-state index in [1.165, 1.54) is 0 Å². The van der Waals surface area contributed by atoms with Gasteiger partial charge in [-0.05, 0) is 25.0 Å². The number of fused-ring (bicyclic) bond motifs is 1. The highest BCUT2D eigenvalue weighted by atomic mass is 35.5. The number of carbonyl (C=O) groups excluding carboxylic acids is 2. The summed E-state index contributed by atoms with van der Waals surface area (Å²) in [6, 6.07) is 3.31. The Kier molecular flexibility index (Phi) is 2.87. The van der Waals surface area contributed by atoms with E-state index in [0.717, 1.165) is 18.2 Å². The zero-order valence-electron chi connectivity index (χ0n) is 9.87. The number of carbonyl (C=O) groups is 2. The normalized spacial score (nSPS) is 14.4. The van der Waals surface area contributed by atoms with Crippen molar-refractivity contribution < 1.29 is 9.59 Å². The van der Waals surface area contributed by atoms with Gasteiger partial charge in [0.15, 0.2) is 0 Å². The molecule has 19 heavy (non-hydrogen) atoms. The minimum atomic E-state index is -0.402. The summed E-state index contributed by atoms with van der Waals surface area (Å²) in [5.74, 6) is -0.499. The molecule has 0 saturated heterocycles. The molecule has 3 N–H and O–H groups in total. The van der Waals surface area contributed by atoms with Crippen LogP contribution in [0.15, 0.2) is 18.3 Å². The van der Waals surface area contributed by atoms with Crippen LogP contribution in [0.4, 0.5) is 0 Å². The number of H-pyrrole nitrogens is 1. The molecular formula is C12H11ClN4O2. The number of aromatic amines is 1. The largest absolute Gasteiger partial charge is 0.349 e. The van der Waals surface area contributed by atoms with Gasteiger partial charge in [-0.1, -0.05) is 11.6 Å². The molecule has 0 atom stereocenters. The first-order valence-corrected chi connectivity index (χ1v) is 6.26. The van der Waals surface area contributed by atoms with Crippen LogP contribution in [-0.4, -0.2) is 21.8 Å². The second-order valence-electron chi connectivity index (χ2n) is 4.49. The third-order valence-electron chi connectivity index (χ3n) is 2.96. The summed E-state index contributed by atoms with van der Waals surface area (Å²) in [4.78, 5) is 30.1. The molecule has 1 aliphatic rings. The standard InChI is InChI=1S/C12H11ClN4O2/c13-10-4-7-3-8(15-9(7)5-14-10)12(19)17-16-11(18)6-1-2-6/h3-6,15H,1-2H2,(H,16,18)(H,17,19). The van der Waals surface area contributed by atoms with E-state index in [2.05, 4.69) is 20.8 Å². The molecule has 1 fully saturated rings. The maximum Gasteiger partial charge on any atom is 0.286 e. The van der Waals surface area contributed by atoms with Crippen molar-refractivity contribution in [3.8, 4) is 0 Å². The predicted octanol–water partition coefficient (Wildman–Crippen LogP) is 1.39. The first-order valence-electron chi connectivity index (χ1n) is 5.88. The van der Waals surface area contributed by atoms with Gasteiger partial charge < -0.3 is 4.98 Å². The van der Waals surface area contributed by atoms with Crippen LogP contribution in [0.25, 0.3) is 10.9 Å². The van der Waals surface area contributed by atoms with Crippen molar-refractivity contribution in [2.45, 2.75) is 12.8 Å². The van der Waals surface area contributed by atoms with Crippen molar-refractivity contribution in [3.63, 3.8) is 0 Å². The highest BCUT2D eigenvalue weighted by molar-refractivity contribution is 6.30. The molecule has 1 saturated carbocycles. The maximum atomic E-state index is 11.8. The first kappa shape index (κ1) is 12.0. The molecule has 6 nitrogen and oxygen atoms in total. The number of aromatic nitrogens is 2. The number of hydrogen-bond donors (Lipinski definition) is 3. The van der Waals surface area contributed by atoms with Gasteiger partial charge in [0.05, 0.1) is 11.7 Å². The average Bonchev–Trinajstić information content (AvgIpc) is 3.15. The van der Waals surface area contributed by atoms with Crippen LogP contribution in [0.5, 0.6) is 0 Å². The number of hydrogen-bond acceptors (Lipinski definition) is 3. The van der Waals surface area contributed by atoms with Crippen LogP contribution < -0.4 is 10.9 Å². The van der Waals surface area contributed by atoms with Crippen LogP contribution in [0.2, 0.25) is 5.15 Å². The lowest BCUT2D eigenvalue weighted by Crippen LogP contribution is -2.42. The van der Waals surface area contributed by atoms with E-state index in [0.29, 0.717) is 16.4 Å². The Labute approximate surface area is 113 Å². The van der Waals surface area contributed by atoms with Gasteiger partial charge in [0.1, 0.15) is 10.8 Å². The van der Waals surface area contributed by atoms with E-state index in [4.69, 9.17) is 11.6 Å². The van der Waals surface area contributed by atoms with E-state index in [1.807, 2.05) is 0 Å². The third kappa shape index (κ3) is 2.53. The van der Waals surface area contributed by atoms with Gasteiger partial charge in [-0.25, -0.2) is 4.98 Å². The van der Waals surface area contributed by atoms with Crippen molar-refractivity contribution in [1.29, 1.82) is 0 Å². The summed E-state index contributed by atoms with van der Waals surface area (Å²) in [5, 5.41) is 1.15. The molecule has 0 bridgehead atoms. The molecule has 0 radical (unpaired) electrons. The lowest BCUT2D eigenvalue weighted by atomic mass is 10.3. The Morgan fingerprint density at radius 2 is 2.11 bits per heavy atom. The van der Waals surface area contributed by atoms with Gasteiger partial charge >= 0.3 is 0 Å². The van der Waals surface area contributed by atoms with E-state index >= 15 is 0 Å². The summed E-state index contributed by atoms with van der Waals surface area (Å²) in [5.41, 5.74) is 5.82. The van der Waals surface area contributed by atoms with E-state index in [-0.39, 0.29) is 11.8 Å². The first-order chi connectivity index (χ1) is 9.13. The van der Waals surface area contributed by atoms with Crippen LogP contribution in [-0.2, 0) is 4.79 Å². The summed E-state index contributed by atoms with van der Waals surface area (Å²) in [7, 11) is 0. The average molecular weight is 279 g/mol. The zero-order chi connectivity index (χ0) is 13.4. The Morgan fingerprint density at radius 1 is 1.32 bits per heavy atom. The van der Waals surface area contributed by atoms with Gasteiger partial charge in [0.25, 0.3) is 5.91 Å². The number of nitrogens with one attached hydrogen (secondary N) is 3. The van der Waals surface area contributed by atoms with Crippen molar-refractivity contribution in [2.75, 3.05) is 0 Å². The highest BCUT2D eigenvalue weighted by Gasteiger charge is 2.29. The highest BCUT2D eigenvalue weighted by Crippen LogP contribution is 2.28. The number of nitrogens with zero attached hydrogens (tertiary/aromatic N) is 1.